The summed E-state index contributed by atoms with van der Waals surface area (Å²) in [6.45, 7) is 0. The van der Waals surface area contributed by atoms with Crippen LogP contribution in [0.2, 0.25) is 0 Å². The zero-order chi connectivity index (χ0) is 50.4. The Hall–Kier alpha value is -10.1. The van der Waals surface area contributed by atoms with Gasteiger partial charge in [0.05, 0.1) is 27.8 Å². The molecule has 76 heavy (non-hydrogen) atoms. The first-order valence-corrected chi connectivity index (χ1v) is 25.9. The maximum Gasteiger partial charge on any atom is 0.235 e. The highest BCUT2D eigenvalue weighted by Crippen LogP contribution is 2.58. The van der Waals surface area contributed by atoms with Gasteiger partial charge < -0.3 is 9.80 Å². The van der Waals surface area contributed by atoms with Crippen molar-refractivity contribution in [3.63, 3.8) is 0 Å². The molecule has 0 unspecified atom stereocenters. The number of para-hydroxylation sites is 5. The summed E-state index contributed by atoms with van der Waals surface area (Å²) in [5.41, 5.74) is 18.9. The molecule has 0 saturated carbocycles. The third kappa shape index (κ3) is 7.48. The minimum atomic E-state index is -0.723. The van der Waals surface area contributed by atoms with Crippen LogP contribution in [0.4, 0.5) is 34.1 Å². The van der Waals surface area contributed by atoms with Gasteiger partial charge in [-0.3, -0.25) is 4.57 Å². The molecule has 0 saturated heterocycles. The highest BCUT2D eigenvalue weighted by atomic mass is 15.2. The number of aromatic nitrogens is 3. The topological polar surface area (TPSA) is 37.2 Å². The molecule has 2 heterocycles. The van der Waals surface area contributed by atoms with Gasteiger partial charge in [0.25, 0.3) is 0 Å². The number of fused-ring (bicyclic) bond motifs is 6. The van der Waals surface area contributed by atoms with Crippen LogP contribution in [0.1, 0.15) is 22.3 Å². The first-order valence-electron chi connectivity index (χ1n) is 25.9. The molecule has 0 radical (unpaired) electrons. The molecule has 0 fully saturated rings. The van der Waals surface area contributed by atoms with Crippen molar-refractivity contribution in [3.8, 4) is 39.6 Å². The van der Waals surface area contributed by atoms with E-state index in [1.807, 2.05) is 12.1 Å². The Morgan fingerprint density at radius 2 is 0.684 bits per heavy atom. The van der Waals surface area contributed by atoms with Gasteiger partial charge in [0.15, 0.2) is 0 Å². The van der Waals surface area contributed by atoms with Gasteiger partial charge in [-0.25, -0.2) is 9.97 Å². The number of nitrogens with zero attached hydrogens (tertiary/aromatic N) is 5. The van der Waals surface area contributed by atoms with E-state index in [1.54, 1.807) is 0 Å². The highest BCUT2D eigenvalue weighted by Gasteiger charge is 2.47. The predicted octanol–water partition coefficient (Wildman–Crippen LogP) is 18.2. The normalized spacial score (nSPS) is 12.3. The van der Waals surface area contributed by atoms with E-state index < -0.39 is 5.41 Å². The average molecular weight is 972 g/mol. The van der Waals surface area contributed by atoms with Gasteiger partial charge in [-0.15, -0.1) is 0 Å². The summed E-state index contributed by atoms with van der Waals surface area (Å²) in [6, 6.07) is 107. The number of anilines is 6. The number of benzene rings is 11. The van der Waals surface area contributed by atoms with E-state index in [0.29, 0.717) is 5.95 Å². The first-order chi connectivity index (χ1) is 37.7. The zero-order valence-electron chi connectivity index (χ0n) is 41.5. The van der Waals surface area contributed by atoms with Gasteiger partial charge in [0.1, 0.15) is 0 Å². The monoisotopic (exact) mass is 971 g/mol. The van der Waals surface area contributed by atoms with Crippen molar-refractivity contribution >= 4 is 55.9 Å². The molecule has 13 aromatic rings. The molecule has 1 aliphatic rings. The molecule has 5 heteroatoms. The van der Waals surface area contributed by atoms with Crippen molar-refractivity contribution in [3.05, 3.63) is 320 Å². The van der Waals surface area contributed by atoms with Crippen LogP contribution in [-0.4, -0.2) is 14.5 Å². The van der Waals surface area contributed by atoms with Gasteiger partial charge in [-0.2, -0.15) is 0 Å². The Labute approximate surface area is 442 Å². The molecule has 0 bridgehead atoms. The lowest BCUT2D eigenvalue weighted by molar-refractivity contribution is 0.769. The van der Waals surface area contributed by atoms with Gasteiger partial charge in [0.2, 0.25) is 5.95 Å². The maximum absolute atomic E-state index is 5.41. The van der Waals surface area contributed by atoms with Crippen LogP contribution in [0.3, 0.4) is 0 Å². The fourth-order valence-corrected chi connectivity index (χ4v) is 11.7. The Kier molecular flexibility index (Phi) is 11.0. The summed E-state index contributed by atoms with van der Waals surface area (Å²) in [4.78, 5) is 15.5. The molecular formula is C71H49N5. The molecule has 1 aliphatic carbocycles. The summed E-state index contributed by atoms with van der Waals surface area (Å²) in [5.74, 6) is 0.623. The predicted molar refractivity (Wildman–Crippen MR) is 314 cm³/mol. The molecule has 358 valence electrons. The number of hydrogen-bond acceptors (Lipinski definition) is 4. The van der Waals surface area contributed by atoms with Crippen LogP contribution in [0.15, 0.2) is 297 Å². The maximum atomic E-state index is 5.41. The average Bonchev–Trinajstić information content (AvgIpc) is 4.08. The van der Waals surface area contributed by atoms with E-state index in [2.05, 4.69) is 299 Å². The molecule has 0 aliphatic heterocycles. The lowest BCUT2D eigenvalue weighted by Crippen LogP contribution is -2.28. The van der Waals surface area contributed by atoms with Crippen LogP contribution in [0.5, 0.6) is 0 Å². The molecule has 11 aromatic carbocycles. The second-order valence-electron chi connectivity index (χ2n) is 19.3. The SMILES string of the molecule is c1ccc(-c2cc(-c3ccccc3)nc(-n3c4ccccc4c4cc5c(cc43)-c3ccccc3C5(c3ccc(N(c4ccccc4)c4ccccc4)cc3)c3ccc(N(c4ccccc4)c4ccccc4)cc3)n2)cc1. The molecule has 0 amide bonds. The van der Waals surface area contributed by atoms with E-state index in [9.17, 15) is 0 Å². The van der Waals surface area contributed by atoms with E-state index in [1.165, 1.54) is 33.4 Å². The Morgan fingerprint density at radius 1 is 0.289 bits per heavy atom. The third-order valence-electron chi connectivity index (χ3n) is 15.1. The van der Waals surface area contributed by atoms with Crippen molar-refractivity contribution in [1.82, 2.24) is 14.5 Å². The fourth-order valence-electron chi connectivity index (χ4n) is 11.7. The van der Waals surface area contributed by atoms with Gasteiger partial charge in [-0.1, -0.05) is 200 Å². The molecule has 14 rings (SSSR count). The molecule has 5 nitrogen and oxygen atoms in total. The van der Waals surface area contributed by atoms with Crippen LogP contribution in [0, 0.1) is 0 Å². The van der Waals surface area contributed by atoms with Crippen molar-refractivity contribution in [2.24, 2.45) is 0 Å². The number of rotatable bonds is 11. The van der Waals surface area contributed by atoms with Crippen molar-refractivity contribution in [2.45, 2.75) is 5.41 Å². The first kappa shape index (κ1) is 44.6. The van der Waals surface area contributed by atoms with Crippen molar-refractivity contribution in [2.75, 3.05) is 9.80 Å². The van der Waals surface area contributed by atoms with Crippen LogP contribution in [0.25, 0.3) is 61.4 Å². The lowest BCUT2D eigenvalue weighted by Gasteiger charge is -2.35. The summed E-state index contributed by atoms with van der Waals surface area (Å²) < 4.78 is 2.28. The second-order valence-corrected chi connectivity index (χ2v) is 19.3. The van der Waals surface area contributed by atoms with Crippen molar-refractivity contribution in [1.29, 1.82) is 0 Å². The summed E-state index contributed by atoms with van der Waals surface area (Å²) >= 11 is 0. The van der Waals surface area contributed by atoms with Crippen molar-refractivity contribution < 1.29 is 0 Å². The highest BCUT2D eigenvalue weighted by molar-refractivity contribution is 6.11. The molecular weight excluding hydrogens is 923 g/mol. The third-order valence-corrected chi connectivity index (χ3v) is 15.1. The molecule has 0 atom stereocenters. The largest absolute Gasteiger partial charge is 0.311 e. The Morgan fingerprint density at radius 3 is 1.16 bits per heavy atom. The van der Waals surface area contributed by atoms with Crippen LogP contribution < -0.4 is 9.80 Å². The summed E-state index contributed by atoms with van der Waals surface area (Å²) in [5, 5.41) is 2.27. The van der Waals surface area contributed by atoms with E-state index in [4.69, 9.17) is 9.97 Å². The lowest BCUT2D eigenvalue weighted by atomic mass is 9.67. The van der Waals surface area contributed by atoms with Crippen LogP contribution in [-0.2, 0) is 5.41 Å². The summed E-state index contributed by atoms with van der Waals surface area (Å²) in [6.07, 6.45) is 0. The van der Waals surface area contributed by atoms with E-state index in [0.717, 1.165) is 78.4 Å². The minimum absolute atomic E-state index is 0.623. The van der Waals surface area contributed by atoms with Gasteiger partial charge >= 0.3 is 0 Å². The summed E-state index contributed by atoms with van der Waals surface area (Å²) in [7, 11) is 0. The molecule has 0 spiro atoms. The standard InChI is InChI=1S/C71H49N5/c1-7-23-50(24-8-1)66-49-67(51-25-9-2-10-26-51)73-70(72-66)76-68-38-22-20-36-61(68)63-47-65-62(48-69(63)76)60-35-19-21-37-64(60)71(65,52-39-43-58(44-40-52)74(54-27-11-3-12-28-54)55-29-13-4-14-30-55)53-41-45-59(46-42-53)75(56-31-15-5-16-32-56)57-33-17-6-18-34-57/h1-49H. The Balaban J connectivity index is 1.02. The zero-order valence-corrected chi connectivity index (χ0v) is 41.5. The quantitative estimate of drug-likeness (QED) is 0.129. The minimum Gasteiger partial charge on any atom is -0.311 e. The van der Waals surface area contributed by atoms with Gasteiger partial charge in [0, 0.05) is 56.0 Å². The van der Waals surface area contributed by atoms with Crippen LogP contribution >= 0.6 is 0 Å². The van der Waals surface area contributed by atoms with E-state index in [-0.39, 0.29) is 0 Å². The second kappa shape index (κ2) is 18.7. The smallest absolute Gasteiger partial charge is 0.235 e. The number of hydrogen-bond donors (Lipinski definition) is 0. The molecule has 0 N–H and O–H groups in total. The van der Waals surface area contributed by atoms with E-state index >= 15 is 0 Å². The molecule has 2 aromatic heterocycles. The van der Waals surface area contributed by atoms with Gasteiger partial charge in [-0.05, 0) is 130 Å². The fraction of sp³-hybridized carbons (Fsp3) is 0.0141. The Bertz CT molecular complexity index is 3920.